The van der Waals surface area contributed by atoms with Crippen LogP contribution in [0.3, 0.4) is 0 Å². The molecule has 0 aliphatic heterocycles. The maximum Gasteiger partial charge on any atom is 0.312 e. The van der Waals surface area contributed by atoms with Crippen molar-refractivity contribution in [2.75, 3.05) is 19.7 Å². The van der Waals surface area contributed by atoms with Crippen LogP contribution in [0.1, 0.15) is 19.4 Å². The molecule has 0 aliphatic carbocycles. The zero-order valence-corrected chi connectivity index (χ0v) is 12.6. The molecule has 0 spiro atoms. The second kappa shape index (κ2) is 9.20. The molecule has 2 amide bonds. The van der Waals surface area contributed by atoms with Crippen molar-refractivity contribution in [3.8, 4) is 5.75 Å². The van der Waals surface area contributed by atoms with Gasteiger partial charge in [-0.25, -0.2) is 4.79 Å². The Balaban J connectivity index is 2.28. The van der Waals surface area contributed by atoms with Crippen LogP contribution in [0.25, 0.3) is 0 Å². The molecular formula is C15H25N3O3. The van der Waals surface area contributed by atoms with Crippen molar-refractivity contribution in [3.63, 3.8) is 0 Å². The minimum Gasteiger partial charge on any atom is -0.491 e. The van der Waals surface area contributed by atoms with E-state index in [4.69, 9.17) is 10.5 Å². The highest BCUT2D eigenvalue weighted by Crippen LogP contribution is 2.12. The van der Waals surface area contributed by atoms with Crippen LogP contribution in [0.2, 0.25) is 0 Å². The van der Waals surface area contributed by atoms with Gasteiger partial charge in [-0.3, -0.25) is 0 Å². The summed E-state index contributed by atoms with van der Waals surface area (Å²) in [5.74, 6) is 0.713. The van der Waals surface area contributed by atoms with Crippen molar-refractivity contribution in [2.45, 2.75) is 32.4 Å². The van der Waals surface area contributed by atoms with Crippen molar-refractivity contribution >= 4 is 6.03 Å². The summed E-state index contributed by atoms with van der Waals surface area (Å²) >= 11 is 0. The van der Waals surface area contributed by atoms with Crippen LogP contribution in [0, 0.1) is 0 Å². The van der Waals surface area contributed by atoms with Crippen LogP contribution in [-0.2, 0) is 6.42 Å². The first-order chi connectivity index (χ1) is 9.97. The van der Waals surface area contributed by atoms with Gasteiger partial charge in [-0.05, 0) is 24.1 Å². The third-order valence-corrected chi connectivity index (χ3v) is 2.84. The van der Waals surface area contributed by atoms with Crippen molar-refractivity contribution in [2.24, 2.45) is 5.73 Å². The molecule has 1 atom stereocenters. The van der Waals surface area contributed by atoms with Gasteiger partial charge < -0.3 is 26.2 Å². The van der Waals surface area contributed by atoms with E-state index in [1.54, 1.807) is 0 Å². The molecule has 0 saturated carbocycles. The van der Waals surface area contributed by atoms with E-state index in [1.807, 2.05) is 38.1 Å². The number of benzene rings is 1. The second-order valence-electron chi connectivity index (χ2n) is 5.21. The van der Waals surface area contributed by atoms with Gasteiger partial charge in [-0.15, -0.1) is 0 Å². The van der Waals surface area contributed by atoms with Gasteiger partial charge >= 0.3 is 6.03 Å². The molecule has 0 heterocycles. The maximum atomic E-state index is 10.6. The number of urea groups is 1. The molecule has 0 radical (unpaired) electrons. The van der Waals surface area contributed by atoms with Gasteiger partial charge in [0, 0.05) is 19.1 Å². The number of hydrogen-bond acceptors (Lipinski definition) is 4. The molecule has 118 valence electrons. The average Bonchev–Trinajstić information content (AvgIpc) is 2.44. The molecule has 0 aromatic heterocycles. The van der Waals surface area contributed by atoms with Gasteiger partial charge in [0.25, 0.3) is 0 Å². The monoisotopic (exact) mass is 295 g/mol. The molecule has 0 bridgehead atoms. The Hall–Kier alpha value is -1.79. The van der Waals surface area contributed by atoms with E-state index in [0.29, 0.717) is 31.3 Å². The highest BCUT2D eigenvalue weighted by molar-refractivity contribution is 5.71. The Morgan fingerprint density at radius 1 is 1.33 bits per heavy atom. The van der Waals surface area contributed by atoms with Gasteiger partial charge in [0.15, 0.2) is 0 Å². The van der Waals surface area contributed by atoms with Gasteiger partial charge in [0.05, 0.1) is 0 Å². The van der Waals surface area contributed by atoms with Gasteiger partial charge in [0.2, 0.25) is 0 Å². The SMILES string of the molecule is CC(C)NC[C@H](O)COc1ccc(CCNC(N)=O)cc1. The summed E-state index contributed by atoms with van der Waals surface area (Å²) in [4.78, 5) is 10.6. The summed E-state index contributed by atoms with van der Waals surface area (Å²) in [5.41, 5.74) is 6.07. The maximum absolute atomic E-state index is 10.6. The lowest BCUT2D eigenvalue weighted by Gasteiger charge is -2.15. The number of carbonyl (C=O) groups excluding carboxylic acids is 1. The summed E-state index contributed by atoms with van der Waals surface area (Å²) < 4.78 is 5.52. The highest BCUT2D eigenvalue weighted by atomic mass is 16.5. The molecule has 1 rings (SSSR count). The minimum atomic E-state index is -0.535. The van der Waals surface area contributed by atoms with Gasteiger partial charge in [0.1, 0.15) is 18.5 Å². The number of primary amides is 1. The van der Waals surface area contributed by atoms with E-state index in [-0.39, 0.29) is 6.61 Å². The largest absolute Gasteiger partial charge is 0.491 e. The molecule has 1 aromatic carbocycles. The zero-order chi connectivity index (χ0) is 15.7. The fourth-order valence-electron chi connectivity index (χ4n) is 1.71. The van der Waals surface area contributed by atoms with Crippen molar-refractivity contribution in [1.82, 2.24) is 10.6 Å². The van der Waals surface area contributed by atoms with Crippen LogP contribution in [0.4, 0.5) is 4.79 Å². The molecule has 6 heteroatoms. The first-order valence-electron chi connectivity index (χ1n) is 7.14. The number of ether oxygens (including phenoxy) is 1. The van der Waals surface area contributed by atoms with Gasteiger partial charge in [-0.1, -0.05) is 26.0 Å². The van der Waals surface area contributed by atoms with Crippen molar-refractivity contribution in [1.29, 1.82) is 0 Å². The van der Waals surface area contributed by atoms with Crippen LogP contribution in [0.5, 0.6) is 5.75 Å². The third-order valence-electron chi connectivity index (χ3n) is 2.84. The number of nitrogens with one attached hydrogen (secondary N) is 2. The average molecular weight is 295 g/mol. The Kier molecular flexibility index (Phi) is 7.56. The van der Waals surface area contributed by atoms with Crippen molar-refractivity contribution < 1.29 is 14.6 Å². The van der Waals surface area contributed by atoms with E-state index in [2.05, 4.69) is 10.6 Å². The lowest BCUT2D eigenvalue weighted by molar-refractivity contribution is 0.104. The number of amides is 2. The molecule has 5 N–H and O–H groups in total. The van der Waals surface area contributed by atoms with E-state index < -0.39 is 12.1 Å². The first kappa shape index (κ1) is 17.3. The lowest BCUT2D eigenvalue weighted by Crippen LogP contribution is -2.35. The molecule has 21 heavy (non-hydrogen) atoms. The van der Waals surface area contributed by atoms with Gasteiger partial charge in [-0.2, -0.15) is 0 Å². The quantitative estimate of drug-likeness (QED) is 0.537. The standard InChI is InChI=1S/C15H25N3O3/c1-11(2)18-9-13(19)10-21-14-5-3-12(4-6-14)7-8-17-15(16)20/h3-6,11,13,18-19H,7-10H2,1-2H3,(H3,16,17,20)/t13-/m0/s1. The topological polar surface area (TPSA) is 96.6 Å². The Morgan fingerprint density at radius 3 is 2.57 bits per heavy atom. The second-order valence-corrected chi connectivity index (χ2v) is 5.21. The summed E-state index contributed by atoms with van der Waals surface area (Å²) in [6.45, 7) is 5.32. The first-order valence-corrected chi connectivity index (χ1v) is 7.14. The van der Waals surface area contributed by atoms with E-state index in [0.717, 1.165) is 5.56 Å². The number of aliphatic hydroxyl groups excluding tert-OH is 1. The summed E-state index contributed by atoms with van der Waals surface area (Å²) in [5, 5.41) is 15.4. The number of rotatable bonds is 9. The van der Waals surface area contributed by atoms with Crippen LogP contribution in [-0.4, -0.2) is 43.0 Å². The van der Waals surface area contributed by atoms with E-state index >= 15 is 0 Å². The predicted octanol–water partition coefficient (Wildman–Crippen LogP) is 0.635. The zero-order valence-electron chi connectivity index (χ0n) is 12.6. The molecule has 0 unspecified atom stereocenters. The number of nitrogens with two attached hydrogens (primary N) is 1. The molecule has 6 nitrogen and oxygen atoms in total. The number of carbonyl (C=O) groups is 1. The number of hydrogen-bond donors (Lipinski definition) is 4. The van der Waals surface area contributed by atoms with Crippen LogP contribution >= 0.6 is 0 Å². The molecule has 0 saturated heterocycles. The lowest BCUT2D eigenvalue weighted by atomic mass is 10.1. The minimum absolute atomic E-state index is 0.252. The summed E-state index contributed by atoms with van der Waals surface area (Å²) in [7, 11) is 0. The van der Waals surface area contributed by atoms with Crippen LogP contribution in [0.15, 0.2) is 24.3 Å². The molecule has 0 aliphatic rings. The Morgan fingerprint density at radius 2 is 2.00 bits per heavy atom. The fourth-order valence-corrected chi connectivity index (χ4v) is 1.71. The Labute approximate surface area is 125 Å². The fraction of sp³-hybridized carbons (Fsp3) is 0.533. The highest BCUT2D eigenvalue weighted by Gasteiger charge is 2.06. The van der Waals surface area contributed by atoms with E-state index in [9.17, 15) is 9.90 Å². The Bertz CT molecular complexity index is 421. The molecule has 0 fully saturated rings. The molecular weight excluding hydrogens is 270 g/mol. The number of aliphatic hydroxyl groups is 1. The molecule has 1 aromatic rings. The van der Waals surface area contributed by atoms with Crippen LogP contribution < -0.4 is 21.1 Å². The van der Waals surface area contributed by atoms with Crippen molar-refractivity contribution in [3.05, 3.63) is 29.8 Å². The smallest absolute Gasteiger partial charge is 0.312 e. The third kappa shape index (κ3) is 8.16. The normalized spacial score (nSPS) is 12.2. The summed E-state index contributed by atoms with van der Waals surface area (Å²) in [6.07, 6.45) is 0.177. The van der Waals surface area contributed by atoms with E-state index in [1.165, 1.54) is 0 Å². The summed E-state index contributed by atoms with van der Waals surface area (Å²) in [6, 6.07) is 7.38. The predicted molar refractivity (Wildman–Crippen MR) is 82.4 cm³/mol.